The molecule has 3 N–H and O–H groups in total. The second-order valence-corrected chi connectivity index (χ2v) is 8.73. The fourth-order valence-corrected chi connectivity index (χ4v) is 5.08. The summed E-state index contributed by atoms with van der Waals surface area (Å²) in [7, 11) is 0. The van der Waals surface area contributed by atoms with Crippen molar-refractivity contribution >= 4 is 11.9 Å². The van der Waals surface area contributed by atoms with E-state index in [4.69, 9.17) is 0 Å². The number of aliphatic hydroxyl groups excluding tert-OH is 1. The molecule has 0 aromatic heterocycles. The van der Waals surface area contributed by atoms with Crippen LogP contribution in [-0.4, -0.2) is 33.4 Å². The molecule has 0 saturated heterocycles. The molecule has 0 spiro atoms. The van der Waals surface area contributed by atoms with Gasteiger partial charge in [-0.2, -0.15) is 0 Å². The number of aliphatic hydroxyl groups is 1. The summed E-state index contributed by atoms with van der Waals surface area (Å²) in [4.78, 5) is 23.0. The van der Waals surface area contributed by atoms with Gasteiger partial charge in [-0.3, -0.25) is 9.59 Å². The van der Waals surface area contributed by atoms with Crippen molar-refractivity contribution in [3.8, 4) is 0 Å². The highest BCUT2D eigenvalue weighted by Gasteiger charge is 2.41. The standard InChI is InChI=1S/C21H36O5/c22-17(9-1-3-11-20(18(23)24)13-5-6-14-20)10-2-4-12-21(19(25)26)15-7-8-16-21/h17,22H,1-16H2,(H,23,24)(H,25,26). The second kappa shape index (κ2) is 9.72. The number of rotatable bonds is 12. The lowest BCUT2D eigenvalue weighted by molar-refractivity contribution is -0.150. The number of unbranched alkanes of at least 4 members (excludes halogenated alkanes) is 2. The molecular formula is C21H36O5. The van der Waals surface area contributed by atoms with E-state index in [0.29, 0.717) is 0 Å². The molecule has 2 fully saturated rings. The summed E-state index contributed by atoms with van der Waals surface area (Å²) in [5.74, 6) is -1.29. The van der Waals surface area contributed by atoms with Gasteiger partial charge in [0, 0.05) is 0 Å². The third-order valence-corrected chi connectivity index (χ3v) is 6.91. The largest absolute Gasteiger partial charge is 0.481 e. The zero-order valence-electron chi connectivity index (χ0n) is 16.0. The molecule has 0 aliphatic heterocycles. The first-order valence-corrected chi connectivity index (χ1v) is 10.6. The van der Waals surface area contributed by atoms with Crippen LogP contribution >= 0.6 is 0 Å². The van der Waals surface area contributed by atoms with E-state index < -0.39 is 22.8 Å². The molecular weight excluding hydrogens is 332 g/mol. The van der Waals surface area contributed by atoms with Crippen molar-refractivity contribution in [3.05, 3.63) is 0 Å². The van der Waals surface area contributed by atoms with Crippen LogP contribution in [0.3, 0.4) is 0 Å². The monoisotopic (exact) mass is 368 g/mol. The number of carboxylic acid groups (broad SMARTS) is 2. The minimum Gasteiger partial charge on any atom is -0.481 e. The van der Waals surface area contributed by atoms with E-state index in [1.165, 1.54) is 0 Å². The van der Waals surface area contributed by atoms with E-state index >= 15 is 0 Å². The predicted octanol–water partition coefficient (Wildman–Crippen LogP) is 4.76. The van der Waals surface area contributed by atoms with Gasteiger partial charge in [-0.15, -0.1) is 0 Å². The lowest BCUT2D eigenvalue weighted by atomic mass is 9.80. The molecule has 0 atom stereocenters. The molecule has 0 aromatic rings. The zero-order chi connectivity index (χ0) is 19.0. The lowest BCUT2D eigenvalue weighted by Crippen LogP contribution is -2.27. The molecule has 5 heteroatoms. The van der Waals surface area contributed by atoms with Gasteiger partial charge in [0.25, 0.3) is 0 Å². The highest BCUT2D eigenvalue weighted by Crippen LogP contribution is 2.43. The van der Waals surface area contributed by atoms with Crippen LogP contribution in [0, 0.1) is 10.8 Å². The van der Waals surface area contributed by atoms with Crippen molar-refractivity contribution in [1.82, 2.24) is 0 Å². The Morgan fingerprint density at radius 2 is 1.04 bits per heavy atom. The number of aliphatic carboxylic acids is 2. The van der Waals surface area contributed by atoms with E-state index in [9.17, 15) is 24.9 Å². The third kappa shape index (κ3) is 5.45. The molecule has 0 heterocycles. The second-order valence-electron chi connectivity index (χ2n) is 8.73. The van der Waals surface area contributed by atoms with Gasteiger partial charge >= 0.3 is 11.9 Å². The average Bonchev–Trinajstić information content (AvgIpc) is 3.26. The first-order chi connectivity index (χ1) is 12.4. The van der Waals surface area contributed by atoms with Crippen molar-refractivity contribution in [2.75, 3.05) is 0 Å². The first kappa shape index (κ1) is 21.2. The topological polar surface area (TPSA) is 94.8 Å². The Morgan fingerprint density at radius 3 is 1.35 bits per heavy atom. The molecule has 0 bridgehead atoms. The summed E-state index contributed by atoms with van der Waals surface area (Å²) in [6.45, 7) is 0. The average molecular weight is 369 g/mol. The molecule has 150 valence electrons. The van der Waals surface area contributed by atoms with Gasteiger partial charge in [0.1, 0.15) is 0 Å². The number of hydrogen-bond acceptors (Lipinski definition) is 3. The summed E-state index contributed by atoms with van der Waals surface area (Å²) < 4.78 is 0. The maximum Gasteiger partial charge on any atom is 0.309 e. The van der Waals surface area contributed by atoms with Crippen molar-refractivity contribution < 1.29 is 24.9 Å². The maximum absolute atomic E-state index is 11.5. The van der Waals surface area contributed by atoms with Gasteiger partial charge in [0.05, 0.1) is 16.9 Å². The third-order valence-electron chi connectivity index (χ3n) is 6.91. The van der Waals surface area contributed by atoms with Crippen LogP contribution in [0.4, 0.5) is 0 Å². The van der Waals surface area contributed by atoms with Crippen LogP contribution in [0.25, 0.3) is 0 Å². The van der Waals surface area contributed by atoms with E-state index in [2.05, 4.69) is 0 Å². The summed E-state index contributed by atoms with van der Waals surface area (Å²) in [5.41, 5.74) is -1.01. The van der Waals surface area contributed by atoms with Crippen LogP contribution < -0.4 is 0 Å². The summed E-state index contributed by atoms with van der Waals surface area (Å²) in [6.07, 6.45) is 13.3. The van der Waals surface area contributed by atoms with Crippen molar-refractivity contribution in [2.24, 2.45) is 10.8 Å². The fraction of sp³-hybridized carbons (Fsp3) is 0.905. The molecule has 0 amide bonds. The Hall–Kier alpha value is -1.10. The lowest BCUT2D eigenvalue weighted by Gasteiger charge is -2.24. The van der Waals surface area contributed by atoms with Gasteiger partial charge in [0.15, 0.2) is 0 Å². The Balaban J connectivity index is 1.57. The minimum absolute atomic E-state index is 0.344. The van der Waals surface area contributed by atoms with Crippen molar-refractivity contribution in [3.63, 3.8) is 0 Å². The number of hydrogen-bond donors (Lipinski definition) is 3. The molecule has 2 saturated carbocycles. The van der Waals surface area contributed by atoms with Crippen LogP contribution in [-0.2, 0) is 9.59 Å². The molecule has 0 aromatic carbocycles. The van der Waals surface area contributed by atoms with Crippen molar-refractivity contribution in [1.29, 1.82) is 0 Å². The zero-order valence-corrected chi connectivity index (χ0v) is 16.0. The summed E-state index contributed by atoms with van der Waals surface area (Å²) in [6, 6.07) is 0. The van der Waals surface area contributed by atoms with Gasteiger partial charge < -0.3 is 15.3 Å². The Kier molecular flexibility index (Phi) is 7.93. The van der Waals surface area contributed by atoms with Crippen LogP contribution in [0.1, 0.15) is 103 Å². The van der Waals surface area contributed by atoms with Gasteiger partial charge in [-0.05, 0) is 51.4 Å². The predicted molar refractivity (Wildman–Crippen MR) is 100 cm³/mol. The maximum atomic E-state index is 11.5. The highest BCUT2D eigenvalue weighted by atomic mass is 16.4. The highest BCUT2D eigenvalue weighted by molar-refractivity contribution is 5.75. The van der Waals surface area contributed by atoms with Gasteiger partial charge in [-0.1, -0.05) is 51.4 Å². The number of carbonyl (C=O) groups is 2. The Morgan fingerprint density at radius 1 is 0.692 bits per heavy atom. The Labute approximate surface area is 157 Å². The van der Waals surface area contributed by atoms with Crippen LogP contribution in [0.5, 0.6) is 0 Å². The molecule has 26 heavy (non-hydrogen) atoms. The normalized spacial score (nSPS) is 21.3. The van der Waals surface area contributed by atoms with Gasteiger partial charge in [-0.25, -0.2) is 0 Å². The molecule has 2 aliphatic carbocycles. The van der Waals surface area contributed by atoms with E-state index in [1.807, 2.05) is 0 Å². The van der Waals surface area contributed by atoms with Crippen molar-refractivity contribution in [2.45, 2.75) is 109 Å². The number of carboxylic acids is 2. The molecule has 2 aliphatic rings. The van der Waals surface area contributed by atoms with E-state index in [0.717, 1.165) is 103 Å². The fourth-order valence-electron chi connectivity index (χ4n) is 5.08. The molecule has 0 radical (unpaired) electrons. The SMILES string of the molecule is O=C(O)C1(CCCCC(O)CCCCC2(C(=O)O)CCCC2)CCCC1. The quantitative estimate of drug-likeness (QED) is 0.432. The van der Waals surface area contributed by atoms with Gasteiger partial charge in [0.2, 0.25) is 0 Å². The van der Waals surface area contributed by atoms with Crippen LogP contribution in [0.2, 0.25) is 0 Å². The Bertz CT molecular complexity index is 419. The molecule has 5 nitrogen and oxygen atoms in total. The smallest absolute Gasteiger partial charge is 0.309 e. The minimum atomic E-state index is -0.644. The summed E-state index contributed by atoms with van der Waals surface area (Å²) in [5, 5.41) is 29.1. The van der Waals surface area contributed by atoms with E-state index in [-0.39, 0.29) is 6.10 Å². The first-order valence-electron chi connectivity index (χ1n) is 10.6. The van der Waals surface area contributed by atoms with Crippen LogP contribution in [0.15, 0.2) is 0 Å². The molecule has 2 rings (SSSR count). The summed E-state index contributed by atoms with van der Waals surface area (Å²) >= 11 is 0. The molecule has 0 unspecified atom stereocenters. The van der Waals surface area contributed by atoms with E-state index in [1.54, 1.807) is 0 Å².